The lowest BCUT2D eigenvalue weighted by Crippen LogP contribution is -2.32. The fourth-order valence-electron chi connectivity index (χ4n) is 2.22. The van der Waals surface area contributed by atoms with E-state index in [-0.39, 0.29) is 0 Å². The largest absolute Gasteiger partial charge is 0.384 e. The first-order valence-corrected chi connectivity index (χ1v) is 6.63. The molecular weight excluding hydrogens is 292 g/mol. The number of nitrogens with zero attached hydrogens (tertiary/aromatic N) is 3. The van der Waals surface area contributed by atoms with E-state index in [1.54, 1.807) is 12.3 Å². The lowest BCUT2D eigenvalue weighted by molar-refractivity contribution is 0.706. The Morgan fingerprint density at radius 1 is 1.28 bits per heavy atom. The highest BCUT2D eigenvalue weighted by molar-refractivity contribution is 9.10. The summed E-state index contributed by atoms with van der Waals surface area (Å²) in [4.78, 5) is 10.7. The van der Waals surface area contributed by atoms with Gasteiger partial charge in [0.1, 0.15) is 5.82 Å². The Bertz CT molecular complexity index is 585. The van der Waals surface area contributed by atoms with Gasteiger partial charge in [-0.15, -0.1) is 0 Å². The van der Waals surface area contributed by atoms with Crippen molar-refractivity contribution in [2.45, 2.75) is 13.0 Å². The van der Waals surface area contributed by atoms with Crippen molar-refractivity contribution in [1.82, 2.24) is 9.97 Å². The first-order valence-electron chi connectivity index (χ1n) is 5.84. The SMILES string of the molecule is Nc1ccnc(N2CCc3cccc(Br)c3C2)n1. The number of halogens is 1. The topological polar surface area (TPSA) is 55.0 Å². The van der Waals surface area contributed by atoms with E-state index >= 15 is 0 Å². The van der Waals surface area contributed by atoms with E-state index < -0.39 is 0 Å². The van der Waals surface area contributed by atoms with E-state index in [0.29, 0.717) is 11.8 Å². The molecule has 0 atom stereocenters. The zero-order valence-corrected chi connectivity index (χ0v) is 11.4. The smallest absolute Gasteiger partial charge is 0.227 e. The summed E-state index contributed by atoms with van der Waals surface area (Å²) in [5, 5.41) is 0. The van der Waals surface area contributed by atoms with Crippen molar-refractivity contribution >= 4 is 27.7 Å². The number of rotatable bonds is 1. The molecule has 4 nitrogen and oxygen atoms in total. The van der Waals surface area contributed by atoms with Crippen molar-refractivity contribution < 1.29 is 0 Å². The van der Waals surface area contributed by atoms with Crippen LogP contribution in [-0.2, 0) is 13.0 Å². The van der Waals surface area contributed by atoms with Crippen LogP contribution < -0.4 is 10.6 Å². The second-order valence-corrected chi connectivity index (χ2v) is 5.18. The number of benzene rings is 1. The molecule has 0 unspecified atom stereocenters. The maximum absolute atomic E-state index is 5.70. The normalized spacial score (nSPS) is 14.4. The van der Waals surface area contributed by atoms with Gasteiger partial charge in [0.05, 0.1) is 0 Å². The summed E-state index contributed by atoms with van der Waals surface area (Å²) in [6.45, 7) is 1.74. The van der Waals surface area contributed by atoms with Crippen LogP contribution in [0.15, 0.2) is 34.9 Å². The molecule has 0 saturated heterocycles. The first kappa shape index (κ1) is 11.5. The molecule has 3 rings (SSSR count). The molecule has 2 N–H and O–H groups in total. The van der Waals surface area contributed by atoms with Crippen molar-refractivity contribution in [2.75, 3.05) is 17.2 Å². The van der Waals surface area contributed by atoms with Gasteiger partial charge >= 0.3 is 0 Å². The molecule has 0 spiro atoms. The molecule has 0 radical (unpaired) electrons. The molecule has 0 saturated carbocycles. The van der Waals surface area contributed by atoms with Gasteiger partial charge in [-0.25, -0.2) is 4.98 Å². The van der Waals surface area contributed by atoms with Crippen molar-refractivity contribution in [3.8, 4) is 0 Å². The fourth-order valence-corrected chi connectivity index (χ4v) is 2.76. The van der Waals surface area contributed by atoms with Gasteiger partial charge in [-0.05, 0) is 29.7 Å². The number of aromatic nitrogens is 2. The summed E-state index contributed by atoms with van der Waals surface area (Å²) in [5.41, 5.74) is 8.41. The van der Waals surface area contributed by atoms with E-state index in [9.17, 15) is 0 Å². The standard InChI is InChI=1S/C13H13BrN4/c14-11-3-1-2-9-5-7-18(8-10(9)11)13-16-6-4-12(15)17-13/h1-4,6H,5,7-8H2,(H2,15,16,17). The van der Waals surface area contributed by atoms with E-state index in [4.69, 9.17) is 5.73 Å². The second kappa shape index (κ2) is 4.57. The Morgan fingerprint density at radius 2 is 2.17 bits per heavy atom. The molecule has 0 amide bonds. The zero-order chi connectivity index (χ0) is 12.5. The van der Waals surface area contributed by atoms with Gasteiger partial charge in [0.15, 0.2) is 0 Å². The van der Waals surface area contributed by atoms with Gasteiger partial charge in [0.2, 0.25) is 5.95 Å². The van der Waals surface area contributed by atoms with Crippen LogP contribution in [0, 0.1) is 0 Å². The maximum atomic E-state index is 5.70. The van der Waals surface area contributed by atoms with E-state index in [0.717, 1.165) is 24.0 Å². The molecule has 18 heavy (non-hydrogen) atoms. The van der Waals surface area contributed by atoms with Crippen molar-refractivity contribution in [3.05, 3.63) is 46.1 Å². The lowest BCUT2D eigenvalue weighted by atomic mass is 10.0. The second-order valence-electron chi connectivity index (χ2n) is 4.33. The maximum Gasteiger partial charge on any atom is 0.227 e. The van der Waals surface area contributed by atoms with Crippen LogP contribution in [0.2, 0.25) is 0 Å². The Balaban J connectivity index is 1.93. The minimum atomic E-state index is 0.512. The Hall–Kier alpha value is -1.62. The summed E-state index contributed by atoms with van der Waals surface area (Å²) in [5.74, 6) is 1.22. The third-order valence-electron chi connectivity index (χ3n) is 3.16. The van der Waals surface area contributed by atoms with Crippen LogP contribution in [0.5, 0.6) is 0 Å². The van der Waals surface area contributed by atoms with Crippen LogP contribution in [0.3, 0.4) is 0 Å². The highest BCUT2D eigenvalue weighted by Gasteiger charge is 2.20. The number of fused-ring (bicyclic) bond motifs is 1. The molecular formula is C13H13BrN4. The highest BCUT2D eigenvalue weighted by atomic mass is 79.9. The predicted molar refractivity (Wildman–Crippen MR) is 75.3 cm³/mol. The quantitative estimate of drug-likeness (QED) is 0.879. The molecule has 0 bridgehead atoms. The number of anilines is 2. The third kappa shape index (κ3) is 2.06. The number of nitrogen functional groups attached to an aromatic ring is 1. The summed E-state index contributed by atoms with van der Waals surface area (Å²) >= 11 is 3.60. The summed E-state index contributed by atoms with van der Waals surface area (Å²) in [6, 6.07) is 8.03. The van der Waals surface area contributed by atoms with E-state index in [1.807, 2.05) is 0 Å². The molecule has 1 aromatic carbocycles. The molecule has 1 aromatic heterocycles. The Morgan fingerprint density at radius 3 is 3.00 bits per heavy atom. The number of hydrogen-bond donors (Lipinski definition) is 1. The average Bonchev–Trinajstić information content (AvgIpc) is 2.39. The predicted octanol–water partition coefficient (Wildman–Crippen LogP) is 2.38. The van der Waals surface area contributed by atoms with Crippen LogP contribution in [0.1, 0.15) is 11.1 Å². The van der Waals surface area contributed by atoms with Crippen molar-refractivity contribution in [2.24, 2.45) is 0 Å². The van der Waals surface area contributed by atoms with Gasteiger partial charge in [0, 0.05) is 23.8 Å². The van der Waals surface area contributed by atoms with Crippen LogP contribution in [0.4, 0.5) is 11.8 Å². The van der Waals surface area contributed by atoms with Crippen LogP contribution in [0.25, 0.3) is 0 Å². The van der Waals surface area contributed by atoms with Crippen LogP contribution in [-0.4, -0.2) is 16.5 Å². The van der Waals surface area contributed by atoms with Crippen molar-refractivity contribution in [1.29, 1.82) is 0 Å². The van der Waals surface area contributed by atoms with Gasteiger partial charge in [0.25, 0.3) is 0 Å². The van der Waals surface area contributed by atoms with Gasteiger partial charge < -0.3 is 10.6 Å². The molecule has 92 valence electrons. The Kier molecular flexibility index (Phi) is 2.91. The van der Waals surface area contributed by atoms with E-state index in [2.05, 4.69) is 49.0 Å². The molecule has 2 aromatic rings. The summed E-state index contributed by atoms with van der Waals surface area (Å²) in [7, 11) is 0. The monoisotopic (exact) mass is 304 g/mol. The number of nitrogens with two attached hydrogens (primary N) is 1. The number of hydrogen-bond acceptors (Lipinski definition) is 4. The van der Waals surface area contributed by atoms with Gasteiger partial charge in [-0.2, -0.15) is 4.98 Å². The van der Waals surface area contributed by atoms with Crippen molar-refractivity contribution in [3.63, 3.8) is 0 Å². The molecule has 5 heteroatoms. The fraction of sp³-hybridized carbons (Fsp3) is 0.231. The molecule has 1 aliphatic rings. The first-order chi connectivity index (χ1) is 8.74. The van der Waals surface area contributed by atoms with Gasteiger partial charge in [-0.1, -0.05) is 28.1 Å². The molecule has 0 aliphatic carbocycles. The minimum absolute atomic E-state index is 0.512. The third-order valence-corrected chi connectivity index (χ3v) is 3.91. The van der Waals surface area contributed by atoms with Crippen LogP contribution >= 0.6 is 15.9 Å². The zero-order valence-electron chi connectivity index (χ0n) is 9.81. The molecule has 1 aliphatic heterocycles. The lowest BCUT2D eigenvalue weighted by Gasteiger charge is -2.29. The average molecular weight is 305 g/mol. The summed E-state index contributed by atoms with van der Waals surface area (Å²) in [6.07, 6.45) is 2.71. The van der Waals surface area contributed by atoms with Gasteiger partial charge in [-0.3, -0.25) is 0 Å². The highest BCUT2D eigenvalue weighted by Crippen LogP contribution is 2.28. The Labute approximate surface area is 114 Å². The molecule has 0 fully saturated rings. The molecule has 2 heterocycles. The summed E-state index contributed by atoms with van der Waals surface area (Å²) < 4.78 is 1.15. The minimum Gasteiger partial charge on any atom is -0.384 e. The van der Waals surface area contributed by atoms with E-state index in [1.165, 1.54) is 11.1 Å².